The van der Waals surface area contributed by atoms with E-state index in [1.165, 1.54) is 7.11 Å². The summed E-state index contributed by atoms with van der Waals surface area (Å²) in [7, 11) is 1.53. The molecule has 8 heteroatoms. The van der Waals surface area contributed by atoms with Gasteiger partial charge in [-0.15, -0.1) is 10.2 Å². The summed E-state index contributed by atoms with van der Waals surface area (Å²) in [4.78, 5) is 13.0. The van der Waals surface area contributed by atoms with Crippen molar-refractivity contribution in [3.8, 4) is 17.4 Å². The second kappa shape index (κ2) is 7.67. The van der Waals surface area contributed by atoms with Gasteiger partial charge in [0.15, 0.2) is 5.82 Å². The molecule has 28 heavy (non-hydrogen) atoms. The minimum absolute atomic E-state index is 0.0914. The molecule has 144 valence electrons. The fraction of sp³-hybridized carbons (Fsp3) is 0.300. The Morgan fingerprint density at radius 2 is 2.14 bits per heavy atom. The predicted molar refractivity (Wildman–Crippen MR) is 102 cm³/mol. The van der Waals surface area contributed by atoms with Crippen molar-refractivity contribution in [2.45, 2.75) is 25.8 Å². The number of hydrogen-bond acceptors (Lipinski definition) is 6. The topological polar surface area (TPSA) is 91.2 Å². The highest BCUT2D eigenvalue weighted by atomic mass is 16.5. The quantitative estimate of drug-likeness (QED) is 0.732. The minimum Gasteiger partial charge on any atom is -0.493 e. The van der Waals surface area contributed by atoms with E-state index in [9.17, 15) is 4.79 Å². The van der Waals surface area contributed by atoms with E-state index in [1.54, 1.807) is 23.0 Å². The van der Waals surface area contributed by atoms with Gasteiger partial charge < -0.3 is 14.8 Å². The van der Waals surface area contributed by atoms with Crippen molar-refractivity contribution in [3.63, 3.8) is 0 Å². The molecule has 1 amide bonds. The Balaban J connectivity index is 1.59. The molecular formula is C20H21N5O3. The van der Waals surface area contributed by atoms with E-state index < -0.39 is 0 Å². The highest BCUT2D eigenvalue weighted by molar-refractivity contribution is 5.95. The fourth-order valence-electron chi connectivity index (χ4n) is 3.36. The van der Waals surface area contributed by atoms with Crippen molar-refractivity contribution >= 4 is 5.91 Å². The normalized spacial score (nSPS) is 15.4. The SMILES string of the molecule is CCc1c(C(=O)NC2CCOc3ccccc32)cnn1-c1ccc(OC)nn1. The number of aromatic nitrogens is 4. The third kappa shape index (κ3) is 3.28. The van der Waals surface area contributed by atoms with Crippen molar-refractivity contribution < 1.29 is 14.3 Å². The number of amides is 1. The number of nitrogens with one attached hydrogen (secondary N) is 1. The molecule has 3 heterocycles. The van der Waals surface area contributed by atoms with E-state index in [2.05, 4.69) is 20.6 Å². The lowest BCUT2D eigenvalue weighted by atomic mass is 10.00. The molecule has 2 aromatic heterocycles. The number of benzene rings is 1. The first-order chi connectivity index (χ1) is 13.7. The molecule has 1 aliphatic rings. The van der Waals surface area contributed by atoms with E-state index >= 15 is 0 Å². The zero-order valence-electron chi connectivity index (χ0n) is 15.8. The molecule has 1 aromatic carbocycles. The molecule has 0 spiro atoms. The Kier molecular flexibility index (Phi) is 4.92. The number of ether oxygens (including phenoxy) is 2. The maximum Gasteiger partial charge on any atom is 0.255 e. The number of nitrogens with zero attached hydrogens (tertiary/aromatic N) is 4. The van der Waals surface area contributed by atoms with Crippen LogP contribution in [0.25, 0.3) is 5.82 Å². The maximum atomic E-state index is 13.0. The van der Waals surface area contributed by atoms with Gasteiger partial charge in [0.05, 0.1) is 37.2 Å². The van der Waals surface area contributed by atoms with Crippen LogP contribution in [0.3, 0.4) is 0 Å². The minimum atomic E-state index is -0.161. The summed E-state index contributed by atoms with van der Waals surface area (Å²) in [6, 6.07) is 11.2. The Morgan fingerprint density at radius 1 is 1.29 bits per heavy atom. The van der Waals surface area contributed by atoms with Crippen LogP contribution in [-0.4, -0.2) is 39.6 Å². The van der Waals surface area contributed by atoms with Crippen molar-refractivity contribution in [3.05, 3.63) is 59.4 Å². The lowest BCUT2D eigenvalue weighted by Crippen LogP contribution is -2.32. The van der Waals surface area contributed by atoms with Crippen molar-refractivity contribution in [1.29, 1.82) is 0 Å². The van der Waals surface area contributed by atoms with Gasteiger partial charge >= 0.3 is 0 Å². The number of carbonyl (C=O) groups excluding carboxylic acids is 1. The lowest BCUT2D eigenvalue weighted by molar-refractivity contribution is 0.0924. The van der Waals surface area contributed by atoms with Crippen LogP contribution in [0, 0.1) is 0 Å². The zero-order valence-corrected chi connectivity index (χ0v) is 15.8. The fourth-order valence-corrected chi connectivity index (χ4v) is 3.36. The molecular weight excluding hydrogens is 358 g/mol. The van der Waals surface area contributed by atoms with E-state index in [-0.39, 0.29) is 11.9 Å². The first-order valence-corrected chi connectivity index (χ1v) is 9.18. The van der Waals surface area contributed by atoms with E-state index in [1.807, 2.05) is 31.2 Å². The van der Waals surface area contributed by atoms with Gasteiger partial charge in [0.1, 0.15) is 5.75 Å². The molecule has 0 saturated carbocycles. The molecule has 4 rings (SSSR count). The average molecular weight is 379 g/mol. The van der Waals surface area contributed by atoms with E-state index in [0.29, 0.717) is 30.3 Å². The van der Waals surface area contributed by atoms with Gasteiger partial charge in [0.2, 0.25) is 5.88 Å². The van der Waals surface area contributed by atoms with Crippen LogP contribution in [0.15, 0.2) is 42.6 Å². The van der Waals surface area contributed by atoms with Crippen molar-refractivity contribution in [2.24, 2.45) is 0 Å². The first-order valence-electron chi connectivity index (χ1n) is 9.18. The van der Waals surface area contributed by atoms with E-state index in [4.69, 9.17) is 9.47 Å². The number of fused-ring (bicyclic) bond motifs is 1. The van der Waals surface area contributed by atoms with Crippen molar-refractivity contribution in [1.82, 2.24) is 25.3 Å². The summed E-state index contributed by atoms with van der Waals surface area (Å²) >= 11 is 0. The molecule has 1 unspecified atom stereocenters. The highest BCUT2D eigenvalue weighted by Crippen LogP contribution is 2.31. The highest BCUT2D eigenvalue weighted by Gasteiger charge is 2.25. The van der Waals surface area contributed by atoms with Gasteiger partial charge in [0, 0.05) is 18.1 Å². The third-order valence-corrected chi connectivity index (χ3v) is 4.76. The molecule has 1 N–H and O–H groups in total. The summed E-state index contributed by atoms with van der Waals surface area (Å²) in [5.74, 6) is 1.61. The number of rotatable bonds is 5. The van der Waals surface area contributed by atoms with Gasteiger partial charge in [-0.1, -0.05) is 25.1 Å². The third-order valence-electron chi connectivity index (χ3n) is 4.76. The van der Waals surface area contributed by atoms with Gasteiger partial charge in [-0.2, -0.15) is 5.10 Å². The van der Waals surface area contributed by atoms with Crippen LogP contribution < -0.4 is 14.8 Å². The zero-order chi connectivity index (χ0) is 19.5. The van der Waals surface area contributed by atoms with Crippen LogP contribution in [-0.2, 0) is 6.42 Å². The molecule has 0 aliphatic carbocycles. The number of carbonyl (C=O) groups is 1. The van der Waals surface area contributed by atoms with Crippen LogP contribution in [0.4, 0.5) is 0 Å². The molecule has 3 aromatic rings. The monoisotopic (exact) mass is 379 g/mol. The largest absolute Gasteiger partial charge is 0.493 e. The van der Waals surface area contributed by atoms with Gasteiger partial charge in [-0.25, -0.2) is 4.68 Å². The first kappa shape index (κ1) is 18.0. The van der Waals surface area contributed by atoms with Crippen LogP contribution >= 0.6 is 0 Å². The van der Waals surface area contributed by atoms with Gasteiger partial charge in [-0.3, -0.25) is 4.79 Å². The van der Waals surface area contributed by atoms with Gasteiger partial charge in [0.25, 0.3) is 5.91 Å². The van der Waals surface area contributed by atoms with Crippen LogP contribution in [0.2, 0.25) is 0 Å². The summed E-state index contributed by atoms with van der Waals surface area (Å²) < 4.78 is 12.4. The molecule has 8 nitrogen and oxygen atoms in total. The second-order valence-corrected chi connectivity index (χ2v) is 6.41. The number of para-hydroxylation sites is 1. The predicted octanol–water partition coefficient (Wildman–Crippen LogP) is 2.49. The average Bonchev–Trinajstić information content (AvgIpc) is 3.18. The summed E-state index contributed by atoms with van der Waals surface area (Å²) in [6.45, 7) is 2.55. The number of methoxy groups -OCH3 is 1. The Hall–Kier alpha value is -3.42. The molecule has 0 fully saturated rings. The van der Waals surface area contributed by atoms with Crippen LogP contribution in [0.1, 0.15) is 41.0 Å². The Bertz CT molecular complexity index is 984. The molecule has 0 bridgehead atoms. The molecule has 1 aliphatic heterocycles. The second-order valence-electron chi connectivity index (χ2n) is 6.41. The van der Waals surface area contributed by atoms with Crippen molar-refractivity contribution in [2.75, 3.05) is 13.7 Å². The van der Waals surface area contributed by atoms with Crippen LogP contribution in [0.5, 0.6) is 11.6 Å². The van der Waals surface area contributed by atoms with E-state index in [0.717, 1.165) is 23.4 Å². The summed E-state index contributed by atoms with van der Waals surface area (Å²) in [6.07, 6.45) is 2.93. The Morgan fingerprint density at radius 3 is 2.89 bits per heavy atom. The maximum absolute atomic E-state index is 13.0. The van der Waals surface area contributed by atoms with Gasteiger partial charge in [-0.05, 0) is 18.6 Å². The number of hydrogen-bond donors (Lipinski definition) is 1. The molecule has 0 saturated heterocycles. The smallest absolute Gasteiger partial charge is 0.255 e. The lowest BCUT2D eigenvalue weighted by Gasteiger charge is -2.26. The summed E-state index contributed by atoms with van der Waals surface area (Å²) in [5, 5.41) is 15.6. The standard InChI is InChI=1S/C20H21N5O3/c1-3-16-14(12-21-25(16)18-8-9-19(27-2)24-23-18)20(26)22-15-10-11-28-17-7-5-4-6-13(15)17/h4-9,12,15H,3,10-11H2,1-2H3,(H,22,26). The summed E-state index contributed by atoms with van der Waals surface area (Å²) in [5.41, 5.74) is 2.30. The molecule has 1 atom stereocenters. The molecule has 0 radical (unpaired) electrons. The Labute approximate surface area is 162 Å².